The Hall–Kier alpha value is -1.67. The van der Waals surface area contributed by atoms with Gasteiger partial charge in [-0.1, -0.05) is 20.3 Å². The van der Waals surface area contributed by atoms with Gasteiger partial charge >= 0.3 is 5.97 Å². The van der Waals surface area contributed by atoms with Crippen LogP contribution in [0.5, 0.6) is 0 Å². The van der Waals surface area contributed by atoms with Crippen LogP contribution in [0.2, 0.25) is 0 Å². The molecule has 0 aromatic rings. The van der Waals surface area contributed by atoms with E-state index in [1.165, 1.54) is 0 Å². The van der Waals surface area contributed by atoms with Gasteiger partial charge in [-0.15, -0.1) is 0 Å². The third-order valence-electron chi connectivity index (χ3n) is 3.56. The van der Waals surface area contributed by atoms with Gasteiger partial charge in [0.25, 0.3) is 0 Å². The number of carboxylic acid groups (broad SMARTS) is 1. The second-order valence-corrected chi connectivity index (χ2v) is 5.32. The maximum Gasteiger partial charge on any atom is 0.326 e. The second kappa shape index (κ2) is 11.0. The number of carbonyl (C=O) groups is 3. The van der Waals surface area contributed by atoms with E-state index in [1.807, 2.05) is 13.8 Å². The Balaban J connectivity index is 4.80. The van der Waals surface area contributed by atoms with Gasteiger partial charge in [0.2, 0.25) is 11.8 Å². The minimum atomic E-state index is -1.10. The Bertz CT molecular complexity index is 376. The highest BCUT2D eigenvalue weighted by atomic mass is 16.4. The Morgan fingerprint density at radius 3 is 2.23 bits per heavy atom. The molecule has 0 saturated carbocycles. The van der Waals surface area contributed by atoms with Crippen molar-refractivity contribution in [2.75, 3.05) is 13.1 Å². The summed E-state index contributed by atoms with van der Waals surface area (Å²) in [6.07, 6.45) is 2.26. The van der Waals surface area contributed by atoms with Crippen molar-refractivity contribution in [3.8, 4) is 0 Å². The van der Waals surface area contributed by atoms with Crippen LogP contribution in [-0.2, 0) is 14.4 Å². The van der Waals surface area contributed by atoms with Crippen molar-refractivity contribution < 1.29 is 19.5 Å². The lowest BCUT2D eigenvalue weighted by molar-refractivity contribution is -0.142. The van der Waals surface area contributed by atoms with Crippen molar-refractivity contribution in [3.05, 3.63) is 0 Å². The molecule has 0 aromatic heterocycles. The summed E-state index contributed by atoms with van der Waals surface area (Å²) in [4.78, 5) is 34.9. The molecular weight excluding hydrogens is 288 g/mol. The zero-order valence-corrected chi connectivity index (χ0v) is 13.3. The lowest BCUT2D eigenvalue weighted by Crippen LogP contribution is -2.55. The van der Waals surface area contributed by atoms with Crippen LogP contribution in [0.4, 0.5) is 0 Å². The maximum atomic E-state index is 12.3. The minimum absolute atomic E-state index is 0.131. The number of hydrogen-bond donors (Lipinski definition) is 5. The second-order valence-electron chi connectivity index (χ2n) is 5.32. The first kappa shape index (κ1) is 20.3. The highest BCUT2D eigenvalue weighted by molar-refractivity contribution is 5.91. The molecule has 0 aromatic carbocycles. The molecule has 2 amide bonds. The number of carbonyl (C=O) groups excluding carboxylic acids is 2. The smallest absolute Gasteiger partial charge is 0.326 e. The number of nitrogens with two attached hydrogens (primary N) is 2. The average molecular weight is 316 g/mol. The Morgan fingerprint density at radius 1 is 1.14 bits per heavy atom. The summed E-state index contributed by atoms with van der Waals surface area (Å²) in [6.45, 7) is 3.95. The van der Waals surface area contributed by atoms with E-state index < -0.39 is 29.9 Å². The topological polar surface area (TPSA) is 148 Å². The zero-order valence-electron chi connectivity index (χ0n) is 13.3. The molecule has 0 aliphatic heterocycles. The van der Waals surface area contributed by atoms with Gasteiger partial charge in [0.1, 0.15) is 12.1 Å². The quantitative estimate of drug-likeness (QED) is 0.314. The fourth-order valence-electron chi connectivity index (χ4n) is 1.95. The van der Waals surface area contributed by atoms with E-state index in [1.54, 1.807) is 0 Å². The summed E-state index contributed by atoms with van der Waals surface area (Å²) < 4.78 is 0. The first-order chi connectivity index (χ1) is 10.4. The molecule has 3 atom stereocenters. The number of amides is 2. The van der Waals surface area contributed by atoms with Gasteiger partial charge in [-0.3, -0.25) is 9.59 Å². The standard InChI is InChI=1S/C14H28N4O4/c1-3-9(2)12(18-11(19)8-16)13(20)17-10(14(21)22)6-4-5-7-15/h9-10,12H,3-8,15-16H2,1-2H3,(H,17,20)(H,18,19)(H,21,22). The Kier molecular flexibility index (Phi) is 10.1. The van der Waals surface area contributed by atoms with Gasteiger partial charge in [0, 0.05) is 0 Å². The van der Waals surface area contributed by atoms with Crippen molar-refractivity contribution in [1.29, 1.82) is 0 Å². The number of hydrogen-bond acceptors (Lipinski definition) is 5. The average Bonchev–Trinajstić information content (AvgIpc) is 2.50. The van der Waals surface area contributed by atoms with Crippen molar-refractivity contribution in [2.24, 2.45) is 17.4 Å². The van der Waals surface area contributed by atoms with Crippen LogP contribution in [0.15, 0.2) is 0 Å². The molecule has 0 fully saturated rings. The van der Waals surface area contributed by atoms with Crippen molar-refractivity contribution in [1.82, 2.24) is 10.6 Å². The minimum Gasteiger partial charge on any atom is -0.480 e. The van der Waals surface area contributed by atoms with Crippen LogP contribution >= 0.6 is 0 Å². The fraction of sp³-hybridized carbons (Fsp3) is 0.786. The summed E-state index contributed by atoms with van der Waals surface area (Å²) in [7, 11) is 0. The monoisotopic (exact) mass is 316 g/mol. The molecule has 0 saturated heterocycles. The maximum absolute atomic E-state index is 12.3. The molecular formula is C14H28N4O4. The first-order valence-corrected chi connectivity index (χ1v) is 7.60. The van der Waals surface area contributed by atoms with E-state index >= 15 is 0 Å². The summed E-state index contributed by atoms with van der Waals surface area (Å²) in [6, 6.07) is -1.78. The fourth-order valence-corrected chi connectivity index (χ4v) is 1.95. The Labute approximate surface area is 131 Å². The molecule has 0 aliphatic rings. The first-order valence-electron chi connectivity index (χ1n) is 7.60. The van der Waals surface area contributed by atoms with Gasteiger partial charge in [0.15, 0.2) is 0 Å². The van der Waals surface area contributed by atoms with E-state index in [2.05, 4.69) is 10.6 Å². The summed E-state index contributed by atoms with van der Waals surface area (Å²) in [5, 5.41) is 14.2. The zero-order chi connectivity index (χ0) is 17.1. The third kappa shape index (κ3) is 7.37. The number of aliphatic carboxylic acids is 1. The molecule has 0 aliphatic carbocycles. The number of nitrogens with one attached hydrogen (secondary N) is 2. The molecule has 22 heavy (non-hydrogen) atoms. The lowest BCUT2D eigenvalue weighted by atomic mass is 9.97. The highest BCUT2D eigenvalue weighted by Gasteiger charge is 2.29. The van der Waals surface area contributed by atoms with E-state index in [9.17, 15) is 19.5 Å². The van der Waals surface area contributed by atoms with E-state index in [4.69, 9.17) is 11.5 Å². The Morgan fingerprint density at radius 2 is 1.77 bits per heavy atom. The van der Waals surface area contributed by atoms with E-state index in [0.29, 0.717) is 32.2 Å². The molecule has 7 N–H and O–H groups in total. The van der Waals surface area contributed by atoms with Crippen LogP contribution in [0.1, 0.15) is 39.5 Å². The number of carboxylic acids is 1. The number of rotatable bonds is 11. The largest absolute Gasteiger partial charge is 0.480 e. The van der Waals surface area contributed by atoms with Gasteiger partial charge < -0.3 is 27.2 Å². The third-order valence-corrected chi connectivity index (χ3v) is 3.56. The summed E-state index contributed by atoms with van der Waals surface area (Å²) in [5.74, 6) is -2.18. The predicted molar refractivity (Wildman–Crippen MR) is 82.9 cm³/mol. The molecule has 128 valence electrons. The van der Waals surface area contributed by atoms with Crippen LogP contribution in [0.25, 0.3) is 0 Å². The lowest BCUT2D eigenvalue weighted by Gasteiger charge is -2.25. The molecule has 0 bridgehead atoms. The SMILES string of the molecule is CCC(C)C(NC(=O)CN)C(=O)NC(CCCCN)C(=O)O. The summed E-state index contributed by atoms with van der Waals surface area (Å²) in [5.41, 5.74) is 10.6. The number of unbranched alkanes of at least 4 members (excludes halogenated alkanes) is 1. The van der Waals surface area contributed by atoms with Crippen LogP contribution in [0, 0.1) is 5.92 Å². The van der Waals surface area contributed by atoms with E-state index in [-0.39, 0.29) is 12.5 Å². The molecule has 0 radical (unpaired) electrons. The van der Waals surface area contributed by atoms with Gasteiger partial charge in [-0.25, -0.2) is 4.79 Å². The molecule has 0 heterocycles. The summed E-state index contributed by atoms with van der Waals surface area (Å²) >= 11 is 0. The molecule has 0 spiro atoms. The van der Waals surface area contributed by atoms with Gasteiger partial charge in [-0.2, -0.15) is 0 Å². The predicted octanol–water partition coefficient (Wildman–Crippen LogP) is -0.826. The van der Waals surface area contributed by atoms with Crippen LogP contribution in [0.3, 0.4) is 0 Å². The van der Waals surface area contributed by atoms with Crippen molar-refractivity contribution in [3.63, 3.8) is 0 Å². The molecule has 3 unspecified atom stereocenters. The van der Waals surface area contributed by atoms with Crippen molar-refractivity contribution in [2.45, 2.75) is 51.6 Å². The van der Waals surface area contributed by atoms with Gasteiger partial charge in [-0.05, 0) is 31.7 Å². The molecule has 8 nitrogen and oxygen atoms in total. The van der Waals surface area contributed by atoms with Crippen LogP contribution < -0.4 is 22.1 Å². The molecule has 8 heteroatoms. The molecule has 0 rings (SSSR count). The normalized spacial score (nSPS) is 14.7. The van der Waals surface area contributed by atoms with E-state index in [0.717, 1.165) is 0 Å². The van der Waals surface area contributed by atoms with Crippen molar-refractivity contribution >= 4 is 17.8 Å². The van der Waals surface area contributed by atoms with Crippen LogP contribution in [-0.4, -0.2) is 48.1 Å². The highest BCUT2D eigenvalue weighted by Crippen LogP contribution is 2.09. The van der Waals surface area contributed by atoms with Gasteiger partial charge in [0.05, 0.1) is 6.54 Å².